The van der Waals surface area contributed by atoms with Crippen LogP contribution in [-0.2, 0) is 4.79 Å². The molecule has 2 aliphatic rings. The highest BCUT2D eigenvalue weighted by atomic mass is 32.1. The van der Waals surface area contributed by atoms with Crippen LogP contribution in [0.25, 0.3) is 33.0 Å². The van der Waals surface area contributed by atoms with Crippen molar-refractivity contribution in [2.24, 2.45) is 0 Å². The Morgan fingerprint density at radius 3 is 2.50 bits per heavy atom. The Balaban J connectivity index is 1.30. The van der Waals surface area contributed by atoms with Crippen molar-refractivity contribution in [3.05, 3.63) is 72.0 Å². The van der Waals surface area contributed by atoms with E-state index in [9.17, 15) is 9.18 Å². The summed E-state index contributed by atoms with van der Waals surface area (Å²) in [5, 5.41) is 22.8. The van der Waals surface area contributed by atoms with Crippen molar-refractivity contribution in [1.82, 2.24) is 24.6 Å². The molecular weight excluding hydrogens is 551 g/mol. The van der Waals surface area contributed by atoms with Gasteiger partial charge in [0.15, 0.2) is 0 Å². The van der Waals surface area contributed by atoms with Crippen molar-refractivity contribution in [1.29, 1.82) is 5.26 Å². The van der Waals surface area contributed by atoms with Crippen LogP contribution >= 0.6 is 11.3 Å². The largest absolute Gasteiger partial charge is 0.366 e. The third kappa shape index (κ3) is 4.94. The Labute approximate surface area is 245 Å². The zero-order valence-corrected chi connectivity index (χ0v) is 23.7. The summed E-state index contributed by atoms with van der Waals surface area (Å²) in [6.45, 7) is 4.29. The van der Waals surface area contributed by atoms with Crippen LogP contribution in [0, 0.1) is 17.1 Å². The molecule has 1 aliphatic heterocycles. The number of nitrogens with zero attached hydrogens (tertiary/aromatic N) is 7. The average molecular weight is 579 g/mol. The summed E-state index contributed by atoms with van der Waals surface area (Å²) in [6.07, 6.45) is 2.12. The van der Waals surface area contributed by atoms with E-state index in [1.807, 2.05) is 29.2 Å². The van der Waals surface area contributed by atoms with Gasteiger partial charge in [0.05, 0.1) is 34.0 Å². The molecule has 0 unspecified atom stereocenters. The Bertz CT molecular complexity index is 1850. The first kappa shape index (κ1) is 26.1. The van der Waals surface area contributed by atoms with Gasteiger partial charge in [-0.25, -0.2) is 9.37 Å². The number of halogens is 1. The van der Waals surface area contributed by atoms with Gasteiger partial charge in [0, 0.05) is 50.3 Å². The van der Waals surface area contributed by atoms with Crippen molar-refractivity contribution >= 4 is 44.8 Å². The van der Waals surface area contributed by atoms with Gasteiger partial charge in [-0.15, -0.1) is 10.2 Å². The summed E-state index contributed by atoms with van der Waals surface area (Å²) in [5.74, 6) is 0.553. The summed E-state index contributed by atoms with van der Waals surface area (Å²) in [7, 11) is 0. The van der Waals surface area contributed by atoms with E-state index in [1.165, 1.54) is 23.5 Å². The minimum absolute atomic E-state index is 0.0826. The topological polar surface area (TPSA) is 103 Å². The predicted octanol–water partition coefficient (Wildman–Crippen LogP) is 5.98. The summed E-state index contributed by atoms with van der Waals surface area (Å²) in [5.41, 5.74) is 5.88. The molecule has 0 atom stereocenters. The van der Waals surface area contributed by atoms with Gasteiger partial charge in [0.1, 0.15) is 16.6 Å². The van der Waals surface area contributed by atoms with Crippen LogP contribution in [0.5, 0.6) is 0 Å². The Hall–Kier alpha value is -4.82. The second kappa shape index (κ2) is 10.5. The maximum atomic E-state index is 14.2. The van der Waals surface area contributed by atoms with Crippen molar-refractivity contribution in [3.8, 4) is 28.0 Å². The molecule has 1 amide bonds. The monoisotopic (exact) mass is 578 g/mol. The fourth-order valence-corrected chi connectivity index (χ4v) is 6.24. The number of amides is 1. The molecule has 210 valence electrons. The minimum atomic E-state index is -0.289. The molecule has 3 heterocycles. The van der Waals surface area contributed by atoms with Crippen molar-refractivity contribution < 1.29 is 9.18 Å². The quantitative estimate of drug-likeness (QED) is 0.264. The molecule has 0 bridgehead atoms. The smallest absolute Gasteiger partial charge is 0.219 e. The van der Waals surface area contributed by atoms with E-state index in [-0.39, 0.29) is 11.7 Å². The lowest BCUT2D eigenvalue weighted by atomic mass is 10.2. The molecule has 42 heavy (non-hydrogen) atoms. The molecular formula is C31H27FN8OS. The summed E-state index contributed by atoms with van der Waals surface area (Å²) in [6, 6.07) is 20.5. The van der Waals surface area contributed by atoms with Crippen LogP contribution in [0.1, 0.15) is 31.4 Å². The van der Waals surface area contributed by atoms with E-state index in [0.29, 0.717) is 42.9 Å². The molecule has 9 nitrogen and oxygen atoms in total. The predicted molar refractivity (Wildman–Crippen MR) is 161 cm³/mol. The SMILES string of the molecule is CC(=O)N1CCN(c2cc3c(cc2Nc2nnc(-c4ccc(C#N)cc4)s2)nc(-c2cccc(F)c2)n3C2CC2)CC1. The lowest BCUT2D eigenvalue weighted by Crippen LogP contribution is -2.48. The molecule has 11 heteroatoms. The molecule has 0 spiro atoms. The molecule has 5 aromatic rings. The van der Waals surface area contributed by atoms with Crippen LogP contribution in [0.2, 0.25) is 0 Å². The van der Waals surface area contributed by atoms with Gasteiger partial charge in [-0.2, -0.15) is 5.26 Å². The van der Waals surface area contributed by atoms with Crippen LogP contribution < -0.4 is 10.2 Å². The van der Waals surface area contributed by atoms with E-state index < -0.39 is 0 Å². The third-order valence-corrected chi connectivity index (χ3v) is 8.68. The number of aromatic nitrogens is 4. The number of piperazine rings is 1. The molecule has 7 rings (SSSR count). The first-order chi connectivity index (χ1) is 20.5. The first-order valence-electron chi connectivity index (χ1n) is 13.9. The molecule has 0 radical (unpaired) electrons. The number of imidazole rings is 1. The number of rotatable bonds is 6. The maximum Gasteiger partial charge on any atom is 0.219 e. The summed E-state index contributed by atoms with van der Waals surface area (Å²) < 4.78 is 16.5. The van der Waals surface area contributed by atoms with Gasteiger partial charge in [-0.3, -0.25) is 4.79 Å². The zero-order valence-electron chi connectivity index (χ0n) is 22.9. The van der Waals surface area contributed by atoms with Gasteiger partial charge < -0.3 is 19.7 Å². The Morgan fingerprint density at radius 2 is 1.81 bits per heavy atom. The van der Waals surface area contributed by atoms with Gasteiger partial charge in [-0.05, 0) is 49.2 Å². The van der Waals surface area contributed by atoms with E-state index in [0.717, 1.165) is 57.2 Å². The number of benzene rings is 3. The second-order valence-corrected chi connectivity index (χ2v) is 11.6. The second-order valence-electron chi connectivity index (χ2n) is 10.6. The molecule has 2 fully saturated rings. The van der Waals surface area contributed by atoms with Gasteiger partial charge >= 0.3 is 0 Å². The highest BCUT2D eigenvalue weighted by molar-refractivity contribution is 7.18. The standard InChI is InChI=1S/C31H27FN8OS/c1-19(41)38-11-13-39(14-12-38)27-17-28-26(34-29(40(28)24-9-10-24)22-3-2-4-23(32)15-22)16-25(27)35-31-37-36-30(42-31)21-7-5-20(18-33)6-8-21/h2-8,15-17,24H,9-14H2,1H3,(H,35,37). The van der Waals surface area contributed by atoms with E-state index >= 15 is 0 Å². The normalized spacial score (nSPS) is 15.2. The zero-order chi connectivity index (χ0) is 28.8. The number of carbonyl (C=O) groups excluding carboxylic acids is 1. The molecule has 1 N–H and O–H groups in total. The lowest BCUT2D eigenvalue weighted by Gasteiger charge is -2.36. The lowest BCUT2D eigenvalue weighted by molar-refractivity contribution is -0.129. The van der Waals surface area contributed by atoms with E-state index in [2.05, 4.69) is 37.1 Å². The molecule has 3 aromatic carbocycles. The fraction of sp³-hybridized carbons (Fsp3) is 0.258. The first-order valence-corrected chi connectivity index (χ1v) is 14.7. The molecule has 2 aromatic heterocycles. The number of anilines is 3. The third-order valence-electron chi connectivity index (χ3n) is 7.80. The summed E-state index contributed by atoms with van der Waals surface area (Å²) >= 11 is 1.43. The van der Waals surface area contributed by atoms with Gasteiger partial charge in [0.2, 0.25) is 11.0 Å². The van der Waals surface area contributed by atoms with Gasteiger partial charge in [-0.1, -0.05) is 35.6 Å². The molecule has 1 aliphatic carbocycles. The van der Waals surface area contributed by atoms with Crippen molar-refractivity contribution in [3.63, 3.8) is 0 Å². The number of fused-ring (bicyclic) bond motifs is 1. The van der Waals surface area contributed by atoms with Crippen molar-refractivity contribution in [2.75, 3.05) is 36.4 Å². The fourth-order valence-electron chi connectivity index (χ4n) is 5.48. The van der Waals surface area contributed by atoms with Gasteiger partial charge in [0.25, 0.3) is 0 Å². The number of hydrogen-bond donors (Lipinski definition) is 1. The van der Waals surface area contributed by atoms with E-state index in [1.54, 1.807) is 25.1 Å². The van der Waals surface area contributed by atoms with Crippen LogP contribution in [-0.4, -0.2) is 56.7 Å². The van der Waals surface area contributed by atoms with E-state index in [4.69, 9.17) is 10.2 Å². The molecule has 1 saturated carbocycles. The number of carbonyl (C=O) groups is 1. The van der Waals surface area contributed by atoms with Crippen molar-refractivity contribution in [2.45, 2.75) is 25.8 Å². The minimum Gasteiger partial charge on any atom is -0.366 e. The number of nitrogens with one attached hydrogen (secondary N) is 1. The summed E-state index contributed by atoms with van der Waals surface area (Å²) in [4.78, 5) is 21.2. The Kier molecular flexibility index (Phi) is 6.55. The highest BCUT2D eigenvalue weighted by Crippen LogP contribution is 2.44. The average Bonchev–Trinajstić information content (AvgIpc) is 3.62. The van der Waals surface area contributed by atoms with Crippen LogP contribution in [0.4, 0.5) is 20.9 Å². The maximum absolute atomic E-state index is 14.2. The number of nitriles is 1. The van der Waals surface area contributed by atoms with Crippen LogP contribution in [0.15, 0.2) is 60.7 Å². The number of hydrogen-bond acceptors (Lipinski definition) is 8. The highest BCUT2D eigenvalue weighted by Gasteiger charge is 2.30. The van der Waals surface area contributed by atoms with Crippen LogP contribution in [0.3, 0.4) is 0 Å². The molecule has 1 saturated heterocycles. The Morgan fingerprint density at radius 1 is 1.02 bits per heavy atom.